The van der Waals surface area contributed by atoms with Crippen LogP contribution in [0.2, 0.25) is 5.02 Å². The molecular weight excluding hydrogens is 537 g/mol. The summed E-state index contributed by atoms with van der Waals surface area (Å²) in [5.74, 6) is -2.40. The van der Waals surface area contributed by atoms with Crippen molar-refractivity contribution in [2.75, 3.05) is 5.32 Å². The molecule has 3 aromatic heterocycles. The van der Waals surface area contributed by atoms with Crippen LogP contribution in [0.15, 0.2) is 59.6 Å². The Morgan fingerprint density at radius 1 is 1.19 bits per heavy atom. The highest BCUT2D eigenvalue weighted by atomic mass is 35.5. The number of anilines is 1. The highest BCUT2D eigenvalue weighted by molar-refractivity contribution is 7.05. The molecule has 0 fully saturated rings. The molecule has 0 unspecified atom stereocenters. The Hall–Kier alpha value is -4.30. The van der Waals surface area contributed by atoms with Crippen LogP contribution in [0.1, 0.15) is 21.1 Å². The summed E-state index contributed by atoms with van der Waals surface area (Å²) in [6.45, 7) is 0. The fourth-order valence-electron chi connectivity index (χ4n) is 3.03. The number of hydrogen-bond acceptors (Lipinski definition) is 8. The third-order valence-electron chi connectivity index (χ3n) is 4.73. The van der Waals surface area contributed by atoms with Gasteiger partial charge in [-0.3, -0.25) is 9.89 Å². The zero-order valence-corrected chi connectivity index (χ0v) is 19.9. The quantitative estimate of drug-likeness (QED) is 0.270. The zero-order valence-electron chi connectivity index (χ0n) is 18.3. The van der Waals surface area contributed by atoms with E-state index in [2.05, 4.69) is 29.9 Å². The van der Waals surface area contributed by atoms with Gasteiger partial charge >= 0.3 is 12.1 Å². The van der Waals surface area contributed by atoms with Crippen molar-refractivity contribution in [1.29, 1.82) is 0 Å². The lowest BCUT2D eigenvalue weighted by atomic mass is 10.1. The number of fused-ring (bicyclic) bond motifs is 1. The molecule has 3 heterocycles. The van der Waals surface area contributed by atoms with Gasteiger partial charge in [0, 0.05) is 23.1 Å². The Kier molecular flexibility index (Phi) is 7.50. The number of oxazole rings is 1. The van der Waals surface area contributed by atoms with Crippen LogP contribution in [0.25, 0.3) is 22.3 Å². The van der Waals surface area contributed by atoms with Crippen molar-refractivity contribution >= 4 is 51.6 Å². The molecule has 0 atom stereocenters. The topological polar surface area (TPSA) is 147 Å². The number of amides is 1. The van der Waals surface area contributed by atoms with Crippen molar-refractivity contribution in [2.24, 2.45) is 0 Å². The normalized spacial score (nSPS) is 11.1. The van der Waals surface area contributed by atoms with E-state index in [1.165, 1.54) is 24.1 Å². The van der Waals surface area contributed by atoms with Crippen LogP contribution < -0.4 is 5.32 Å². The number of aromatic amines is 1. The molecule has 0 saturated carbocycles. The molecule has 15 heteroatoms. The van der Waals surface area contributed by atoms with E-state index in [0.717, 1.165) is 27.0 Å². The van der Waals surface area contributed by atoms with E-state index >= 15 is 0 Å². The smallest absolute Gasteiger partial charge is 0.475 e. The van der Waals surface area contributed by atoms with Crippen molar-refractivity contribution in [1.82, 2.24) is 24.5 Å². The number of carboxylic acid groups (broad SMARTS) is 1. The molecule has 3 N–H and O–H groups in total. The standard InChI is InChI=1S/C20H13ClN6O2S.C2HF3O2/c21-18-11(4-5-15-14(18)8-23-26-15)7-17-25-19(27-30-17)12-2-1-3-13(6-12)24-20(28)16-9-22-10-29-16;3-2(4,5)1(6)7/h1-6,8-10H,7H2,(H,23,26)(H,24,28);(H,6,7). The van der Waals surface area contributed by atoms with Crippen LogP contribution in [0.4, 0.5) is 18.9 Å². The van der Waals surface area contributed by atoms with Gasteiger partial charge in [0.15, 0.2) is 12.2 Å². The third-order valence-corrected chi connectivity index (χ3v) is 5.88. The molecule has 2 aromatic carbocycles. The summed E-state index contributed by atoms with van der Waals surface area (Å²) < 4.78 is 41.2. The molecular formula is C22H14ClF3N6O4S. The maximum Gasteiger partial charge on any atom is 0.490 e. The molecule has 0 spiro atoms. The fourth-order valence-corrected chi connectivity index (χ4v) is 3.99. The van der Waals surface area contributed by atoms with E-state index < -0.39 is 12.1 Å². The number of H-pyrrole nitrogens is 1. The van der Waals surface area contributed by atoms with Gasteiger partial charge in [-0.1, -0.05) is 29.8 Å². The number of halogens is 4. The van der Waals surface area contributed by atoms with Crippen LogP contribution >= 0.6 is 23.1 Å². The molecule has 10 nitrogen and oxygen atoms in total. The molecule has 0 aliphatic rings. The molecule has 0 aliphatic carbocycles. The number of aliphatic carboxylic acids is 1. The number of hydrogen-bond donors (Lipinski definition) is 3. The average molecular weight is 551 g/mol. The molecule has 37 heavy (non-hydrogen) atoms. The van der Waals surface area contributed by atoms with Crippen LogP contribution in [-0.4, -0.2) is 47.7 Å². The molecule has 0 bridgehead atoms. The molecule has 190 valence electrons. The Bertz CT molecular complexity index is 1550. The van der Waals surface area contributed by atoms with E-state index in [1.807, 2.05) is 30.3 Å². The van der Waals surface area contributed by atoms with Gasteiger partial charge in [0.25, 0.3) is 5.91 Å². The first-order valence-electron chi connectivity index (χ1n) is 10.1. The summed E-state index contributed by atoms with van der Waals surface area (Å²) in [7, 11) is 0. The van der Waals surface area contributed by atoms with Crippen molar-refractivity contribution in [3.05, 3.63) is 76.5 Å². The maximum absolute atomic E-state index is 12.1. The lowest BCUT2D eigenvalue weighted by molar-refractivity contribution is -0.192. The first-order chi connectivity index (χ1) is 17.6. The lowest BCUT2D eigenvalue weighted by Crippen LogP contribution is -2.21. The first kappa shape index (κ1) is 25.8. The molecule has 5 rings (SSSR count). The average Bonchev–Trinajstić information content (AvgIpc) is 3.63. The maximum atomic E-state index is 12.1. The predicted octanol–water partition coefficient (Wildman–Crippen LogP) is 5.20. The van der Waals surface area contributed by atoms with E-state index in [4.69, 9.17) is 25.9 Å². The number of alkyl halides is 3. The number of nitrogens with one attached hydrogen (secondary N) is 2. The van der Waals surface area contributed by atoms with Crippen LogP contribution in [0, 0.1) is 0 Å². The van der Waals surface area contributed by atoms with Crippen LogP contribution in [0.5, 0.6) is 0 Å². The number of rotatable bonds is 5. The summed E-state index contributed by atoms with van der Waals surface area (Å²) in [6.07, 6.45) is -0.229. The van der Waals surface area contributed by atoms with Gasteiger partial charge in [-0.25, -0.2) is 14.8 Å². The summed E-state index contributed by atoms with van der Waals surface area (Å²) in [5.41, 5.74) is 3.26. The molecule has 0 aliphatic heterocycles. The van der Waals surface area contributed by atoms with Gasteiger partial charge in [-0.15, -0.1) is 0 Å². The number of benzene rings is 2. The zero-order chi connectivity index (χ0) is 26.6. The SMILES string of the molecule is O=C(Nc1cccc(-c2nsc(Cc3ccc4[nH]ncc4c3Cl)n2)c1)c1cnco1.O=C(O)C(F)(F)F. The Morgan fingerprint density at radius 3 is 2.68 bits per heavy atom. The molecule has 0 radical (unpaired) electrons. The van der Waals surface area contributed by atoms with Gasteiger partial charge in [-0.2, -0.15) is 22.6 Å². The van der Waals surface area contributed by atoms with E-state index in [1.54, 1.807) is 12.3 Å². The van der Waals surface area contributed by atoms with Gasteiger partial charge in [0.1, 0.15) is 5.01 Å². The Balaban J connectivity index is 0.000000405. The van der Waals surface area contributed by atoms with Crippen LogP contribution in [-0.2, 0) is 11.2 Å². The summed E-state index contributed by atoms with van der Waals surface area (Å²) in [4.78, 5) is 29.4. The van der Waals surface area contributed by atoms with Gasteiger partial charge in [0.2, 0.25) is 5.76 Å². The highest BCUT2D eigenvalue weighted by Crippen LogP contribution is 2.29. The minimum Gasteiger partial charge on any atom is -0.475 e. The number of carboxylic acids is 1. The van der Waals surface area contributed by atoms with Gasteiger partial charge in [-0.05, 0) is 35.3 Å². The minimum atomic E-state index is -5.08. The van der Waals surface area contributed by atoms with E-state index in [9.17, 15) is 18.0 Å². The lowest BCUT2D eigenvalue weighted by Gasteiger charge is -2.04. The number of carbonyl (C=O) groups excluding carboxylic acids is 1. The Labute approximate surface area is 214 Å². The summed E-state index contributed by atoms with van der Waals surface area (Å²) in [5, 5.41) is 19.2. The minimum absolute atomic E-state index is 0.140. The van der Waals surface area contributed by atoms with Crippen LogP contribution in [0.3, 0.4) is 0 Å². The van der Waals surface area contributed by atoms with E-state index in [0.29, 0.717) is 23.0 Å². The van der Waals surface area contributed by atoms with Crippen molar-refractivity contribution in [3.8, 4) is 11.4 Å². The fraction of sp³-hybridized carbons (Fsp3) is 0.0909. The summed E-state index contributed by atoms with van der Waals surface area (Å²) >= 11 is 7.83. The first-order valence-corrected chi connectivity index (χ1v) is 11.3. The Morgan fingerprint density at radius 2 is 1.97 bits per heavy atom. The second kappa shape index (κ2) is 10.8. The third kappa shape index (κ3) is 6.29. The second-order valence-corrected chi connectivity index (χ2v) is 8.48. The predicted molar refractivity (Wildman–Crippen MR) is 127 cm³/mol. The number of aromatic nitrogens is 5. The number of carbonyl (C=O) groups is 2. The molecule has 5 aromatic rings. The number of nitrogens with zero attached hydrogens (tertiary/aromatic N) is 4. The second-order valence-electron chi connectivity index (χ2n) is 7.26. The van der Waals surface area contributed by atoms with Crippen molar-refractivity contribution in [3.63, 3.8) is 0 Å². The molecule has 0 saturated heterocycles. The monoisotopic (exact) mass is 550 g/mol. The van der Waals surface area contributed by atoms with Crippen molar-refractivity contribution in [2.45, 2.75) is 12.6 Å². The van der Waals surface area contributed by atoms with Crippen molar-refractivity contribution < 1.29 is 32.3 Å². The summed E-state index contributed by atoms with van der Waals surface area (Å²) in [6, 6.07) is 11.2. The molecule has 1 amide bonds. The van der Waals surface area contributed by atoms with E-state index in [-0.39, 0.29) is 11.7 Å². The van der Waals surface area contributed by atoms with Gasteiger partial charge < -0.3 is 14.8 Å². The van der Waals surface area contributed by atoms with Gasteiger partial charge in [0.05, 0.1) is 22.9 Å². The largest absolute Gasteiger partial charge is 0.490 e. The highest BCUT2D eigenvalue weighted by Gasteiger charge is 2.38.